The number of Topliss-reactive ketones (excluding diaryl/α,β-unsaturated/α-hetero) is 1. The van der Waals surface area contributed by atoms with Gasteiger partial charge in [-0.3, -0.25) is 14.5 Å². The highest BCUT2D eigenvalue weighted by Gasteiger charge is 2.28. The summed E-state index contributed by atoms with van der Waals surface area (Å²) in [6.45, 7) is 0. The van der Waals surface area contributed by atoms with Crippen LogP contribution >= 0.6 is 11.8 Å². The molecule has 3 aromatic rings. The SMILES string of the molecule is O=C1C(=CN(C(=O)c2ccco2)c2ccccc2)Sc2ccccc21. The molecule has 1 aliphatic rings. The molecule has 122 valence electrons. The molecule has 1 aromatic heterocycles. The highest BCUT2D eigenvalue weighted by atomic mass is 32.2. The van der Waals surface area contributed by atoms with Crippen LogP contribution in [0.25, 0.3) is 0 Å². The average Bonchev–Trinajstić information content (AvgIpc) is 3.29. The van der Waals surface area contributed by atoms with Crippen LogP contribution < -0.4 is 4.90 Å². The number of hydrogen-bond acceptors (Lipinski definition) is 4. The predicted octanol–water partition coefficient (Wildman–Crippen LogP) is 4.76. The number of carbonyl (C=O) groups excluding carboxylic acids is 2. The molecule has 0 bridgehead atoms. The van der Waals surface area contributed by atoms with E-state index in [0.29, 0.717) is 16.2 Å². The Bertz CT molecular complexity index is 962. The van der Waals surface area contributed by atoms with E-state index in [2.05, 4.69) is 0 Å². The van der Waals surface area contributed by atoms with Crippen molar-refractivity contribution in [2.75, 3.05) is 4.90 Å². The van der Waals surface area contributed by atoms with E-state index in [1.54, 1.807) is 24.4 Å². The standard InChI is InChI=1S/C20H13NO3S/c22-19-15-9-4-5-11-17(15)25-18(19)13-21(14-7-2-1-3-8-14)20(23)16-10-6-12-24-16/h1-13H. The normalized spacial score (nSPS) is 14.6. The Morgan fingerprint density at radius 1 is 0.960 bits per heavy atom. The maximum absolute atomic E-state index is 12.8. The molecule has 1 aliphatic heterocycles. The number of para-hydroxylation sites is 1. The third-order valence-electron chi connectivity index (χ3n) is 3.81. The Hall–Kier alpha value is -3.05. The van der Waals surface area contributed by atoms with Crippen LogP contribution in [-0.2, 0) is 0 Å². The van der Waals surface area contributed by atoms with Gasteiger partial charge in [0.15, 0.2) is 5.76 Å². The molecule has 4 rings (SSSR count). The van der Waals surface area contributed by atoms with Gasteiger partial charge in [-0.25, -0.2) is 0 Å². The quantitative estimate of drug-likeness (QED) is 0.641. The zero-order valence-corrected chi connectivity index (χ0v) is 13.9. The van der Waals surface area contributed by atoms with Crippen LogP contribution in [0.2, 0.25) is 0 Å². The molecule has 0 saturated carbocycles. The summed E-state index contributed by atoms with van der Waals surface area (Å²) in [6, 6.07) is 19.9. The number of ketones is 1. The number of furan rings is 1. The van der Waals surface area contributed by atoms with Crippen molar-refractivity contribution < 1.29 is 14.0 Å². The molecule has 2 aromatic carbocycles. The van der Waals surface area contributed by atoms with Gasteiger partial charge in [0.05, 0.1) is 11.2 Å². The van der Waals surface area contributed by atoms with Gasteiger partial charge in [-0.15, -0.1) is 0 Å². The smallest absolute Gasteiger partial charge is 0.298 e. The number of rotatable bonds is 3. The van der Waals surface area contributed by atoms with Crippen LogP contribution in [0, 0.1) is 0 Å². The van der Waals surface area contributed by atoms with Crippen LogP contribution in [0.4, 0.5) is 5.69 Å². The van der Waals surface area contributed by atoms with E-state index < -0.39 is 0 Å². The Morgan fingerprint density at radius 2 is 1.72 bits per heavy atom. The minimum Gasteiger partial charge on any atom is -0.459 e. The summed E-state index contributed by atoms with van der Waals surface area (Å²) in [4.78, 5) is 28.3. The van der Waals surface area contributed by atoms with Crippen molar-refractivity contribution in [1.82, 2.24) is 0 Å². The molecule has 0 spiro atoms. The summed E-state index contributed by atoms with van der Waals surface area (Å²) < 4.78 is 5.24. The van der Waals surface area contributed by atoms with Crippen LogP contribution in [0.15, 0.2) is 93.4 Å². The van der Waals surface area contributed by atoms with E-state index in [4.69, 9.17) is 4.42 Å². The molecule has 0 saturated heterocycles. The number of amides is 1. The molecule has 0 fully saturated rings. The van der Waals surface area contributed by atoms with Gasteiger partial charge in [0.2, 0.25) is 5.78 Å². The van der Waals surface area contributed by atoms with Crippen molar-refractivity contribution in [2.45, 2.75) is 4.90 Å². The fourth-order valence-corrected chi connectivity index (χ4v) is 3.62. The Balaban J connectivity index is 1.75. The zero-order chi connectivity index (χ0) is 17.2. The van der Waals surface area contributed by atoms with Gasteiger partial charge in [-0.1, -0.05) is 42.1 Å². The highest BCUT2D eigenvalue weighted by Crippen LogP contribution is 2.40. The van der Waals surface area contributed by atoms with Gasteiger partial charge in [-0.2, -0.15) is 0 Å². The lowest BCUT2D eigenvalue weighted by Gasteiger charge is -2.18. The van der Waals surface area contributed by atoms with E-state index in [-0.39, 0.29) is 17.5 Å². The summed E-state index contributed by atoms with van der Waals surface area (Å²) in [7, 11) is 0. The monoisotopic (exact) mass is 347 g/mol. The molecule has 0 aliphatic carbocycles. The van der Waals surface area contributed by atoms with Crippen LogP contribution in [0.3, 0.4) is 0 Å². The van der Waals surface area contributed by atoms with E-state index in [0.717, 1.165) is 4.90 Å². The van der Waals surface area contributed by atoms with Crippen molar-refractivity contribution in [1.29, 1.82) is 0 Å². The number of nitrogens with zero attached hydrogens (tertiary/aromatic N) is 1. The number of benzene rings is 2. The molecule has 25 heavy (non-hydrogen) atoms. The number of anilines is 1. The van der Waals surface area contributed by atoms with Crippen molar-refractivity contribution >= 4 is 29.1 Å². The van der Waals surface area contributed by atoms with Crippen molar-refractivity contribution in [3.05, 3.63) is 95.4 Å². The zero-order valence-electron chi connectivity index (χ0n) is 13.1. The van der Waals surface area contributed by atoms with Crippen molar-refractivity contribution in [3.63, 3.8) is 0 Å². The second-order valence-electron chi connectivity index (χ2n) is 5.41. The number of thioether (sulfide) groups is 1. The third kappa shape index (κ3) is 2.90. The van der Waals surface area contributed by atoms with Gasteiger partial charge >= 0.3 is 0 Å². The van der Waals surface area contributed by atoms with Gasteiger partial charge in [0.25, 0.3) is 5.91 Å². The largest absolute Gasteiger partial charge is 0.459 e. The van der Waals surface area contributed by atoms with Crippen molar-refractivity contribution in [3.8, 4) is 0 Å². The molecule has 0 N–H and O–H groups in total. The van der Waals surface area contributed by atoms with Crippen LogP contribution in [0.5, 0.6) is 0 Å². The molecule has 0 unspecified atom stereocenters. The van der Waals surface area contributed by atoms with Gasteiger partial charge in [0, 0.05) is 22.3 Å². The lowest BCUT2D eigenvalue weighted by molar-refractivity contribution is 0.0971. The molecule has 2 heterocycles. The van der Waals surface area contributed by atoms with Gasteiger partial charge < -0.3 is 4.42 Å². The first-order valence-corrected chi connectivity index (χ1v) is 8.51. The minimum atomic E-state index is -0.326. The van der Waals surface area contributed by atoms with E-state index in [9.17, 15) is 9.59 Å². The first-order chi connectivity index (χ1) is 12.2. The Kier molecular flexibility index (Phi) is 3.99. The minimum absolute atomic E-state index is 0.0752. The fraction of sp³-hybridized carbons (Fsp3) is 0. The molecule has 5 heteroatoms. The highest BCUT2D eigenvalue weighted by molar-refractivity contribution is 8.04. The molecular formula is C20H13NO3S. The van der Waals surface area contributed by atoms with Gasteiger partial charge in [-0.05, 0) is 36.4 Å². The van der Waals surface area contributed by atoms with Gasteiger partial charge in [0.1, 0.15) is 0 Å². The molecule has 1 amide bonds. The number of carbonyl (C=O) groups is 2. The lowest BCUT2D eigenvalue weighted by atomic mass is 10.1. The first-order valence-electron chi connectivity index (χ1n) is 7.69. The van der Waals surface area contributed by atoms with E-state index >= 15 is 0 Å². The number of allylic oxidation sites excluding steroid dienone is 1. The number of fused-ring (bicyclic) bond motifs is 1. The third-order valence-corrected chi connectivity index (χ3v) is 4.89. The average molecular weight is 347 g/mol. The second kappa shape index (κ2) is 6.45. The van der Waals surface area contributed by atoms with Crippen LogP contribution in [0.1, 0.15) is 20.9 Å². The van der Waals surface area contributed by atoms with Crippen LogP contribution in [-0.4, -0.2) is 11.7 Å². The maximum atomic E-state index is 12.8. The van der Waals surface area contributed by atoms with E-state index in [1.807, 2.05) is 48.5 Å². The summed E-state index contributed by atoms with van der Waals surface area (Å²) in [5, 5.41) is 0. The summed E-state index contributed by atoms with van der Waals surface area (Å²) in [5.74, 6) is -0.185. The Labute approximate surface area is 148 Å². The molecule has 4 nitrogen and oxygen atoms in total. The molecule has 0 radical (unpaired) electrons. The lowest BCUT2D eigenvalue weighted by Crippen LogP contribution is -2.25. The number of hydrogen-bond donors (Lipinski definition) is 0. The predicted molar refractivity (Wildman–Crippen MR) is 96.7 cm³/mol. The maximum Gasteiger partial charge on any atom is 0.298 e. The first kappa shape index (κ1) is 15.5. The summed E-state index contributed by atoms with van der Waals surface area (Å²) in [6.07, 6.45) is 3.04. The fourth-order valence-electron chi connectivity index (χ4n) is 2.60. The topological polar surface area (TPSA) is 50.5 Å². The Morgan fingerprint density at radius 3 is 2.44 bits per heavy atom. The van der Waals surface area contributed by atoms with Crippen molar-refractivity contribution in [2.24, 2.45) is 0 Å². The van der Waals surface area contributed by atoms with E-state index in [1.165, 1.54) is 22.9 Å². The molecular weight excluding hydrogens is 334 g/mol. The second-order valence-corrected chi connectivity index (χ2v) is 6.49. The summed E-state index contributed by atoms with van der Waals surface area (Å²) in [5.41, 5.74) is 1.33. The molecule has 0 atom stereocenters. The summed E-state index contributed by atoms with van der Waals surface area (Å²) >= 11 is 1.37.